The van der Waals surface area contributed by atoms with Gasteiger partial charge in [-0.15, -0.1) is 5.10 Å². The lowest BCUT2D eigenvalue weighted by Gasteiger charge is -2.06. The fraction of sp³-hybridized carbons (Fsp3) is 0.700. The smallest absolute Gasteiger partial charge is 0.152 e. The van der Waals surface area contributed by atoms with Gasteiger partial charge in [0.25, 0.3) is 0 Å². The van der Waals surface area contributed by atoms with Crippen LogP contribution in [0.25, 0.3) is 0 Å². The van der Waals surface area contributed by atoms with Gasteiger partial charge in [0.1, 0.15) is 0 Å². The monoisotopic (exact) mass is 194 g/mol. The third-order valence-corrected chi connectivity index (χ3v) is 1.77. The van der Waals surface area contributed by atoms with Crippen LogP contribution in [0.4, 0.5) is 0 Å². The van der Waals surface area contributed by atoms with E-state index < -0.39 is 0 Å². The van der Waals surface area contributed by atoms with Gasteiger partial charge in [-0.1, -0.05) is 13.8 Å². The van der Waals surface area contributed by atoms with Crippen molar-refractivity contribution in [1.29, 1.82) is 0 Å². The van der Waals surface area contributed by atoms with Gasteiger partial charge in [-0.3, -0.25) is 0 Å². The molecular weight excluding hydrogens is 176 g/mol. The second-order valence-electron chi connectivity index (χ2n) is 4.14. The minimum Gasteiger partial charge on any atom is -0.328 e. The molecule has 0 aliphatic carbocycles. The Bertz CT molecular complexity index is 258. The minimum atomic E-state index is 0.0890. The van der Waals surface area contributed by atoms with Gasteiger partial charge in [-0.05, 0) is 19.3 Å². The van der Waals surface area contributed by atoms with E-state index in [1.165, 1.54) is 0 Å². The molecule has 1 unspecified atom stereocenters. The summed E-state index contributed by atoms with van der Waals surface area (Å²) in [5, 5.41) is 7.87. The molecule has 4 nitrogen and oxygen atoms in total. The molecule has 0 aliphatic heterocycles. The fourth-order valence-corrected chi connectivity index (χ4v) is 1.27. The van der Waals surface area contributed by atoms with E-state index >= 15 is 0 Å². The highest BCUT2D eigenvalue weighted by Crippen LogP contribution is 2.04. The summed E-state index contributed by atoms with van der Waals surface area (Å²) in [4.78, 5) is 4.40. The predicted octanol–water partition coefficient (Wildman–Crippen LogP) is 0.960. The van der Waals surface area contributed by atoms with Gasteiger partial charge in [0.05, 0.1) is 11.9 Å². The molecule has 14 heavy (non-hydrogen) atoms. The highest BCUT2D eigenvalue weighted by Gasteiger charge is 2.04. The summed E-state index contributed by atoms with van der Waals surface area (Å²) in [7, 11) is 0. The zero-order valence-corrected chi connectivity index (χ0v) is 9.07. The minimum absolute atomic E-state index is 0.0890. The lowest BCUT2D eigenvalue weighted by atomic mass is 10.1. The van der Waals surface area contributed by atoms with Gasteiger partial charge < -0.3 is 5.73 Å². The lowest BCUT2D eigenvalue weighted by Crippen LogP contribution is -2.20. The largest absolute Gasteiger partial charge is 0.328 e. The highest BCUT2D eigenvalue weighted by molar-refractivity contribution is 4.98. The highest BCUT2D eigenvalue weighted by atomic mass is 15.1. The Morgan fingerprint density at radius 1 is 1.29 bits per heavy atom. The van der Waals surface area contributed by atoms with E-state index in [4.69, 9.17) is 5.73 Å². The van der Waals surface area contributed by atoms with Crippen molar-refractivity contribution in [2.75, 3.05) is 0 Å². The van der Waals surface area contributed by atoms with E-state index in [0.29, 0.717) is 12.3 Å². The van der Waals surface area contributed by atoms with E-state index in [0.717, 1.165) is 17.9 Å². The molecule has 0 saturated heterocycles. The van der Waals surface area contributed by atoms with E-state index in [2.05, 4.69) is 29.0 Å². The average molecular weight is 194 g/mol. The number of rotatable bonds is 4. The maximum absolute atomic E-state index is 5.67. The number of nitrogens with zero attached hydrogens (tertiary/aromatic N) is 3. The van der Waals surface area contributed by atoms with Gasteiger partial charge in [0, 0.05) is 12.5 Å². The van der Waals surface area contributed by atoms with Crippen LogP contribution in [0.1, 0.15) is 32.3 Å². The molecule has 1 heterocycles. The second-order valence-corrected chi connectivity index (χ2v) is 4.14. The molecule has 0 bridgehead atoms. The molecule has 0 radical (unpaired) electrons. The molecule has 0 aromatic carbocycles. The second kappa shape index (κ2) is 5.00. The van der Waals surface area contributed by atoms with Crippen LogP contribution in [0, 0.1) is 5.92 Å². The number of hydrogen-bond acceptors (Lipinski definition) is 4. The molecule has 2 N–H and O–H groups in total. The summed E-state index contributed by atoms with van der Waals surface area (Å²) in [6.45, 7) is 6.26. The van der Waals surface area contributed by atoms with Gasteiger partial charge in [-0.25, -0.2) is 4.98 Å². The fourth-order valence-electron chi connectivity index (χ4n) is 1.27. The number of hydrogen-bond donors (Lipinski definition) is 1. The normalized spacial score (nSPS) is 13.2. The Labute approximate surface area is 85.0 Å². The summed E-state index contributed by atoms with van der Waals surface area (Å²) in [5.74, 6) is 1.34. The van der Waals surface area contributed by atoms with Gasteiger partial charge in [0.2, 0.25) is 0 Å². The summed E-state index contributed by atoms with van der Waals surface area (Å²) in [6.07, 6.45) is 3.37. The molecule has 1 atom stereocenters. The SMILES string of the molecule is CC(C)Cc1cnnc(CC(C)N)n1. The molecular formula is C10H18N4. The van der Waals surface area contributed by atoms with E-state index in [9.17, 15) is 0 Å². The zero-order chi connectivity index (χ0) is 10.6. The first-order valence-electron chi connectivity index (χ1n) is 5.01. The van der Waals surface area contributed by atoms with Crippen molar-refractivity contribution in [3.8, 4) is 0 Å². The predicted molar refractivity (Wildman–Crippen MR) is 55.7 cm³/mol. The quantitative estimate of drug-likeness (QED) is 0.775. The molecule has 0 fully saturated rings. The molecule has 1 rings (SSSR count). The number of nitrogens with two attached hydrogens (primary N) is 1. The first-order chi connectivity index (χ1) is 6.58. The molecule has 1 aromatic rings. The van der Waals surface area contributed by atoms with Crippen LogP contribution >= 0.6 is 0 Å². The summed E-state index contributed by atoms with van der Waals surface area (Å²) >= 11 is 0. The van der Waals surface area contributed by atoms with E-state index in [1.54, 1.807) is 6.20 Å². The Morgan fingerprint density at radius 2 is 2.00 bits per heavy atom. The van der Waals surface area contributed by atoms with E-state index in [-0.39, 0.29) is 6.04 Å². The topological polar surface area (TPSA) is 64.7 Å². The van der Waals surface area contributed by atoms with Crippen molar-refractivity contribution < 1.29 is 0 Å². The summed E-state index contributed by atoms with van der Waals surface area (Å²) < 4.78 is 0. The Balaban J connectivity index is 2.68. The Kier molecular flexibility index (Phi) is 3.95. The van der Waals surface area contributed by atoms with Gasteiger partial charge in [-0.2, -0.15) is 5.10 Å². The Hall–Kier alpha value is -1.03. The molecule has 0 amide bonds. The molecule has 78 valence electrons. The lowest BCUT2D eigenvalue weighted by molar-refractivity contribution is 0.614. The van der Waals surface area contributed by atoms with Crippen LogP contribution in [0.2, 0.25) is 0 Å². The zero-order valence-electron chi connectivity index (χ0n) is 9.07. The number of aromatic nitrogens is 3. The first kappa shape index (κ1) is 11.0. The van der Waals surface area contributed by atoms with Crippen LogP contribution in [-0.4, -0.2) is 21.2 Å². The van der Waals surface area contributed by atoms with Crippen LogP contribution in [0.5, 0.6) is 0 Å². The van der Waals surface area contributed by atoms with Gasteiger partial charge in [0.15, 0.2) is 5.82 Å². The molecule has 4 heteroatoms. The van der Waals surface area contributed by atoms with E-state index in [1.807, 2.05) is 6.92 Å². The molecule has 0 saturated carbocycles. The summed E-state index contributed by atoms with van der Waals surface area (Å²) in [5.41, 5.74) is 6.67. The van der Waals surface area contributed by atoms with Crippen LogP contribution in [0.3, 0.4) is 0 Å². The van der Waals surface area contributed by atoms with Crippen molar-refractivity contribution in [3.05, 3.63) is 17.7 Å². The molecule has 0 aliphatic rings. The standard InChI is InChI=1S/C10H18N4/c1-7(2)4-9-6-12-14-10(13-9)5-8(3)11/h6-8H,4-5,11H2,1-3H3. The Morgan fingerprint density at radius 3 is 2.57 bits per heavy atom. The molecule has 0 spiro atoms. The van der Waals surface area contributed by atoms with Crippen molar-refractivity contribution >= 4 is 0 Å². The molecule has 1 aromatic heterocycles. The van der Waals surface area contributed by atoms with Gasteiger partial charge >= 0.3 is 0 Å². The van der Waals surface area contributed by atoms with Crippen LogP contribution in [-0.2, 0) is 12.8 Å². The van der Waals surface area contributed by atoms with Crippen molar-refractivity contribution in [2.45, 2.75) is 39.7 Å². The van der Waals surface area contributed by atoms with Crippen molar-refractivity contribution in [1.82, 2.24) is 15.2 Å². The van der Waals surface area contributed by atoms with Crippen LogP contribution in [0.15, 0.2) is 6.20 Å². The summed E-state index contributed by atoms with van der Waals surface area (Å²) in [6, 6.07) is 0.0890. The van der Waals surface area contributed by atoms with Crippen molar-refractivity contribution in [2.24, 2.45) is 11.7 Å². The third-order valence-electron chi connectivity index (χ3n) is 1.77. The third kappa shape index (κ3) is 3.79. The van der Waals surface area contributed by atoms with Crippen molar-refractivity contribution in [3.63, 3.8) is 0 Å². The maximum atomic E-state index is 5.67. The maximum Gasteiger partial charge on any atom is 0.152 e. The van der Waals surface area contributed by atoms with Crippen LogP contribution < -0.4 is 5.73 Å². The first-order valence-corrected chi connectivity index (χ1v) is 5.01. The average Bonchev–Trinajstić information content (AvgIpc) is 2.01.